The van der Waals surface area contributed by atoms with Gasteiger partial charge in [0.2, 0.25) is 0 Å². The summed E-state index contributed by atoms with van der Waals surface area (Å²) in [4.78, 5) is 27.2. The molecule has 0 aromatic heterocycles. The number of phenolic OH excluding ortho intramolecular Hbond substituents is 1. The van der Waals surface area contributed by atoms with Gasteiger partial charge in [0.1, 0.15) is 17.3 Å². The molecule has 0 aliphatic carbocycles. The average Bonchev–Trinajstić information content (AvgIpc) is 2.99. The lowest BCUT2D eigenvalue weighted by atomic mass is 9.94. The number of aliphatic hydroxyl groups is 1. The van der Waals surface area contributed by atoms with Gasteiger partial charge in [-0.25, -0.2) is 4.39 Å². The zero-order valence-electron chi connectivity index (χ0n) is 16.0. The molecule has 1 saturated heterocycles. The van der Waals surface area contributed by atoms with E-state index < -0.39 is 29.3 Å². The highest BCUT2D eigenvalue weighted by Crippen LogP contribution is 2.44. The topological polar surface area (TPSA) is 77.8 Å². The summed E-state index contributed by atoms with van der Waals surface area (Å²) in [6.07, 6.45) is 0. The summed E-state index contributed by atoms with van der Waals surface area (Å²) >= 11 is 0. The fourth-order valence-electron chi connectivity index (χ4n) is 3.67. The number of ketones is 1. The fraction of sp³-hybridized carbons (Fsp3) is 0.0833. The van der Waals surface area contributed by atoms with Gasteiger partial charge in [0.15, 0.2) is 0 Å². The van der Waals surface area contributed by atoms with E-state index in [9.17, 15) is 24.2 Å². The number of para-hydroxylation sites is 2. The first-order chi connectivity index (χ1) is 14.4. The number of aromatic hydroxyl groups is 1. The van der Waals surface area contributed by atoms with Gasteiger partial charge in [-0.15, -0.1) is 0 Å². The molecule has 3 aromatic rings. The van der Waals surface area contributed by atoms with E-state index in [4.69, 9.17) is 0 Å². The predicted octanol–water partition coefficient (Wildman–Crippen LogP) is 4.47. The number of phenols is 1. The summed E-state index contributed by atoms with van der Waals surface area (Å²) < 4.78 is 13.3. The summed E-state index contributed by atoms with van der Waals surface area (Å²) in [7, 11) is 0. The zero-order chi connectivity index (χ0) is 21.4. The predicted molar refractivity (Wildman–Crippen MR) is 110 cm³/mol. The molecule has 0 bridgehead atoms. The zero-order valence-corrected chi connectivity index (χ0v) is 16.0. The molecule has 1 aliphatic heterocycles. The van der Waals surface area contributed by atoms with Gasteiger partial charge in [-0.1, -0.05) is 42.0 Å². The Morgan fingerprint density at radius 2 is 1.67 bits per heavy atom. The summed E-state index contributed by atoms with van der Waals surface area (Å²) in [5, 5.41) is 21.3. The van der Waals surface area contributed by atoms with E-state index in [2.05, 4.69) is 0 Å². The molecule has 1 unspecified atom stereocenters. The second-order valence-electron chi connectivity index (χ2n) is 7.08. The van der Waals surface area contributed by atoms with Gasteiger partial charge < -0.3 is 10.2 Å². The number of anilines is 1. The highest BCUT2D eigenvalue weighted by molar-refractivity contribution is 6.51. The van der Waals surface area contributed by atoms with Gasteiger partial charge >= 0.3 is 0 Å². The van der Waals surface area contributed by atoms with E-state index in [1.165, 1.54) is 29.2 Å². The number of aryl methyl sites for hydroxylation is 1. The Labute approximate surface area is 172 Å². The lowest BCUT2D eigenvalue weighted by molar-refractivity contribution is -0.132. The van der Waals surface area contributed by atoms with E-state index in [1.807, 2.05) is 19.1 Å². The smallest absolute Gasteiger partial charge is 0.300 e. The Morgan fingerprint density at radius 1 is 0.967 bits per heavy atom. The third-order valence-electron chi connectivity index (χ3n) is 5.06. The third kappa shape index (κ3) is 3.22. The van der Waals surface area contributed by atoms with Crippen LogP contribution in [-0.4, -0.2) is 21.9 Å². The van der Waals surface area contributed by atoms with Gasteiger partial charge in [0.05, 0.1) is 17.3 Å². The van der Waals surface area contributed by atoms with E-state index in [0.29, 0.717) is 5.56 Å². The number of Topliss-reactive ketones (excluding diaryl/α,β-unsaturated/α-hetero) is 1. The molecule has 30 heavy (non-hydrogen) atoms. The van der Waals surface area contributed by atoms with Crippen molar-refractivity contribution in [2.45, 2.75) is 13.0 Å². The number of carbonyl (C=O) groups excluding carboxylic acids is 2. The minimum Gasteiger partial charge on any atom is -0.507 e. The van der Waals surface area contributed by atoms with Crippen LogP contribution in [0.3, 0.4) is 0 Å². The van der Waals surface area contributed by atoms with E-state index in [-0.39, 0.29) is 22.6 Å². The Balaban J connectivity index is 1.98. The summed E-state index contributed by atoms with van der Waals surface area (Å²) in [5.74, 6) is -2.81. The van der Waals surface area contributed by atoms with Crippen LogP contribution in [0.4, 0.5) is 10.1 Å². The maximum atomic E-state index is 13.3. The van der Waals surface area contributed by atoms with Crippen molar-refractivity contribution in [2.75, 3.05) is 4.90 Å². The van der Waals surface area contributed by atoms with Crippen molar-refractivity contribution in [1.29, 1.82) is 0 Å². The van der Waals surface area contributed by atoms with Gasteiger partial charge in [-0.05, 0) is 48.9 Å². The second kappa shape index (κ2) is 7.48. The van der Waals surface area contributed by atoms with Crippen molar-refractivity contribution >= 4 is 23.1 Å². The number of halogens is 1. The number of hydrogen-bond donors (Lipinski definition) is 2. The molecule has 1 amide bonds. The number of rotatable bonds is 3. The molecule has 0 radical (unpaired) electrons. The molecule has 5 nitrogen and oxygen atoms in total. The lowest BCUT2D eigenvalue weighted by Crippen LogP contribution is -2.29. The molecule has 1 heterocycles. The van der Waals surface area contributed by atoms with Crippen LogP contribution in [0.15, 0.2) is 78.4 Å². The molecule has 1 atom stereocenters. The van der Waals surface area contributed by atoms with Crippen molar-refractivity contribution in [1.82, 2.24) is 0 Å². The van der Waals surface area contributed by atoms with Crippen molar-refractivity contribution < 1.29 is 24.2 Å². The van der Waals surface area contributed by atoms with Crippen LogP contribution >= 0.6 is 0 Å². The summed E-state index contributed by atoms with van der Waals surface area (Å²) in [5.41, 5.74) is 1.74. The molecule has 6 heteroatoms. The normalized spacial score (nSPS) is 18.1. The molecule has 0 saturated carbocycles. The number of benzene rings is 3. The molecule has 1 aliphatic rings. The van der Waals surface area contributed by atoms with Crippen molar-refractivity contribution in [3.05, 3.63) is 101 Å². The molecule has 4 rings (SSSR count). The largest absolute Gasteiger partial charge is 0.507 e. The molecule has 150 valence electrons. The van der Waals surface area contributed by atoms with Crippen LogP contribution in [0.5, 0.6) is 5.75 Å². The second-order valence-corrected chi connectivity index (χ2v) is 7.08. The summed E-state index contributed by atoms with van der Waals surface area (Å²) in [6.45, 7) is 1.87. The van der Waals surface area contributed by atoms with Crippen LogP contribution in [0.2, 0.25) is 0 Å². The molecular formula is C24H18FNO4. The third-order valence-corrected chi connectivity index (χ3v) is 5.06. The van der Waals surface area contributed by atoms with E-state index in [0.717, 1.165) is 17.7 Å². The SMILES string of the molecule is Cc1cccc(C2/C(=C(/O)c3ccc(F)cc3)C(=O)C(=O)N2c2ccccc2O)c1. The standard InChI is InChI=1S/C24H18FNO4/c1-14-5-4-6-16(13-14)21-20(22(28)15-9-11-17(25)12-10-15)23(29)24(30)26(21)18-7-2-3-8-19(18)27/h2-13,21,27-28H,1H3/b22-20-. The number of carbonyl (C=O) groups is 2. The van der Waals surface area contributed by atoms with E-state index in [1.54, 1.807) is 24.3 Å². The van der Waals surface area contributed by atoms with Crippen LogP contribution in [-0.2, 0) is 9.59 Å². The van der Waals surface area contributed by atoms with Crippen molar-refractivity contribution in [3.63, 3.8) is 0 Å². The van der Waals surface area contributed by atoms with Gasteiger partial charge in [-0.3, -0.25) is 14.5 Å². The van der Waals surface area contributed by atoms with Gasteiger partial charge in [0.25, 0.3) is 11.7 Å². The average molecular weight is 403 g/mol. The highest BCUT2D eigenvalue weighted by atomic mass is 19.1. The molecule has 2 N–H and O–H groups in total. The number of amides is 1. The Kier molecular flexibility index (Phi) is 4.83. The lowest BCUT2D eigenvalue weighted by Gasteiger charge is -2.26. The van der Waals surface area contributed by atoms with E-state index >= 15 is 0 Å². The summed E-state index contributed by atoms with van der Waals surface area (Å²) in [6, 6.07) is 17.4. The Morgan fingerprint density at radius 3 is 2.33 bits per heavy atom. The van der Waals surface area contributed by atoms with Crippen molar-refractivity contribution in [3.8, 4) is 5.75 Å². The number of hydrogen-bond acceptors (Lipinski definition) is 4. The first kappa shape index (κ1) is 19.4. The van der Waals surface area contributed by atoms with Gasteiger partial charge in [-0.2, -0.15) is 0 Å². The Bertz CT molecular complexity index is 1180. The van der Waals surface area contributed by atoms with Crippen LogP contribution in [0.1, 0.15) is 22.7 Å². The van der Waals surface area contributed by atoms with Gasteiger partial charge in [0, 0.05) is 5.56 Å². The maximum Gasteiger partial charge on any atom is 0.300 e. The molecule has 1 fully saturated rings. The first-order valence-corrected chi connectivity index (χ1v) is 9.30. The highest BCUT2D eigenvalue weighted by Gasteiger charge is 2.47. The van der Waals surface area contributed by atoms with Crippen LogP contribution < -0.4 is 4.90 Å². The van der Waals surface area contributed by atoms with Crippen LogP contribution in [0.25, 0.3) is 5.76 Å². The Hall–Kier alpha value is -3.93. The fourth-order valence-corrected chi connectivity index (χ4v) is 3.67. The molecule has 3 aromatic carbocycles. The first-order valence-electron chi connectivity index (χ1n) is 9.30. The number of aliphatic hydroxyl groups excluding tert-OH is 1. The quantitative estimate of drug-likeness (QED) is 0.384. The monoisotopic (exact) mass is 403 g/mol. The minimum atomic E-state index is -0.955. The van der Waals surface area contributed by atoms with Crippen LogP contribution in [0, 0.1) is 12.7 Å². The maximum absolute atomic E-state index is 13.3. The minimum absolute atomic E-state index is 0.125. The molecular weight excluding hydrogens is 385 g/mol. The number of nitrogens with zero attached hydrogens (tertiary/aromatic N) is 1. The molecule has 0 spiro atoms. The van der Waals surface area contributed by atoms with Crippen molar-refractivity contribution in [2.24, 2.45) is 0 Å².